The van der Waals surface area contributed by atoms with E-state index < -0.39 is 17.1 Å². The molecule has 2 N–H and O–H groups in total. The Morgan fingerprint density at radius 3 is 2.62 bits per heavy atom. The smallest absolute Gasteiger partial charge is 0.349 e. The van der Waals surface area contributed by atoms with Crippen LogP contribution in [0.5, 0.6) is 0 Å². The van der Waals surface area contributed by atoms with Crippen LogP contribution in [0.1, 0.15) is 44.6 Å². The lowest BCUT2D eigenvalue weighted by Crippen LogP contribution is -2.32. The highest BCUT2D eigenvalue weighted by molar-refractivity contribution is 6.04. The summed E-state index contributed by atoms with van der Waals surface area (Å²) in [6.45, 7) is 2.16. The van der Waals surface area contributed by atoms with Gasteiger partial charge < -0.3 is 9.97 Å². The summed E-state index contributed by atoms with van der Waals surface area (Å²) in [5, 5.41) is 4.66. The average Bonchev–Trinajstić information content (AvgIpc) is 3.15. The zero-order valence-corrected chi connectivity index (χ0v) is 17.9. The summed E-state index contributed by atoms with van der Waals surface area (Å²) in [6.07, 6.45) is 8.78. The van der Waals surface area contributed by atoms with Gasteiger partial charge in [0.2, 0.25) is 0 Å². The number of halogens is 1. The molecule has 0 aliphatic rings. The topological polar surface area (TPSA) is 83.0 Å². The van der Waals surface area contributed by atoms with Gasteiger partial charge in [-0.05, 0) is 42.2 Å². The lowest BCUT2D eigenvalue weighted by atomic mass is 10.0. The minimum absolute atomic E-state index is 0.180. The van der Waals surface area contributed by atoms with E-state index in [1.165, 1.54) is 18.2 Å². The fourth-order valence-corrected chi connectivity index (χ4v) is 3.74. The van der Waals surface area contributed by atoms with E-state index in [2.05, 4.69) is 22.0 Å². The molecule has 0 saturated heterocycles. The number of unbranched alkanes of at least 4 members (excludes halogenated alkanes) is 3. The van der Waals surface area contributed by atoms with Crippen LogP contribution in [0.4, 0.5) is 4.39 Å². The highest BCUT2D eigenvalue weighted by Gasteiger charge is 2.13. The van der Waals surface area contributed by atoms with Gasteiger partial charge in [0.1, 0.15) is 11.3 Å². The molecule has 0 fully saturated rings. The molecule has 0 saturated carbocycles. The molecule has 2 aromatic carbocycles. The summed E-state index contributed by atoms with van der Waals surface area (Å²) < 4.78 is 14.4. The lowest BCUT2D eigenvalue weighted by Gasteiger charge is -2.04. The molecule has 0 aliphatic heterocycles. The Hall–Kier alpha value is -3.74. The number of hydrogen-bond acceptors (Lipinski definition) is 3. The molecular weight excluding hydrogens is 407 g/mol. The first-order chi connectivity index (χ1) is 15.6. The number of rotatable bonds is 8. The average molecular weight is 432 g/mol. The van der Waals surface area contributed by atoms with E-state index in [0.29, 0.717) is 10.9 Å². The standard InChI is InChI=1S/C25H25FN4O2/c1-2-3-4-6-11-18(14-17-9-7-5-8-10-17)16-27-30-24(31)23-22(29-25(30)32)20-15-19(26)12-13-21(20)28-23/h5,7-10,12-16,28H,2-4,6,11H2,1H3,(H,29,32)/b18-14-,27-16-. The van der Waals surface area contributed by atoms with Gasteiger partial charge in [-0.3, -0.25) is 4.79 Å². The van der Waals surface area contributed by atoms with Crippen LogP contribution in [0, 0.1) is 5.82 Å². The first kappa shape index (κ1) is 21.5. The number of nitrogens with zero attached hydrogens (tertiary/aromatic N) is 2. The molecule has 0 spiro atoms. The van der Waals surface area contributed by atoms with Gasteiger partial charge in [0, 0.05) is 10.9 Å². The van der Waals surface area contributed by atoms with E-state index in [0.717, 1.165) is 47.9 Å². The molecule has 6 nitrogen and oxygen atoms in total. The first-order valence-electron chi connectivity index (χ1n) is 10.8. The number of nitrogens with one attached hydrogen (secondary N) is 2. The Labute approximate surface area is 184 Å². The van der Waals surface area contributed by atoms with Gasteiger partial charge in [-0.1, -0.05) is 62.6 Å². The zero-order chi connectivity index (χ0) is 22.5. The maximum Gasteiger partial charge on any atom is 0.350 e. The summed E-state index contributed by atoms with van der Waals surface area (Å²) >= 11 is 0. The third-order valence-corrected chi connectivity index (χ3v) is 5.40. The van der Waals surface area contributed by atoms with Crippen molar-refractivity contribution in [3.8, 4) is 0 Å². The van der Waals surface area contributed by atoms with Crippen LogP contribution in [-0.2, 0) is 0 Å². The van der Waals surface area contributed by atoms with Gasteiger partial charge in [-0.15, -0.1) is 4.68 Å². The minimum Gasteiger partial charge on any atom is -0.349 e. The number of fused-ring (bicyclic) bond motifs is 3. The second-order valence-corrected chi connectivity index (χ2v) is 7.80. The van der Waals surface area contributed by atoms with Crippen molar-refractivity contribution < 1.29 is 4.39 Å². The van der Waals surface area contributed by atoms with Crippen LogP contribution in [0.15, 0.2) is 68.8 Å². The molecule has 4 rings (SSSR count). The van der Waals surface area contributed by atoms with E-state index in [4.69, 9.17) is 0 Å². The predicted molar refractivity (Wildman–Crippen MR) is 128 cm³/mol. The van der Waals surface area contributed by atoms with Gasteiger partial charge in [0.25, 0.3) is 0 Å². The van der Waals surface area contributed by atoms with Crippen molar-refractivity contribution >= 4 is 34.2 Å². The molecule has 0 radical (unpaired) electrons. The van der Waals surface area contributed by atoms with Crippen LogP contribution in [-0.4, -0.2) is 20.9 Å². The Balaban J connectivity index is 1.72. The molecule has 32 heavy (non-hydrogen) atoms. The molecule has 2 heterocycles. The van der Waals surface area contributed by atoms with Gasteiger partial charge in [-0.25, -0.2) is 9.18 Å². The van der Waals surface area contributed by atoms with Gasteiger partial charge in [0.05, 0.1) is 11.7 Å². The summed E-state index contributed by atoms with van der Waals surface area (Å²) in [6, 6.07) is 14.0. The second kappa shape index (κ2) is 9.60. The fraction of sp³-hybridized carbons (Fsp3) is 0.240. The second-order valence-electron chi connectivity index (χ2n) is 7.80. The summed E-state index contributed by atoms with van der Waals surface area (Å²) in [5.74, 6) is -0.444. The number of aromatic nitrogens is 3. The van der Waals surface area contributed by atoms with Crippen molar-refractivity contribution in [2.45, 2.75) is 39.0 Å². The largest absolute Gasteiger partial charge is 0.350 e. The van der Waals surface area contributed by atoms with Crippen LogP contribution >= 0.6 is 0 Å². The molecule has 164 valence electrons. The third kappa shape index (κ3) is 4.61. The van der Waals surface area contributed by atoms with E-state index >= 15 is 0 Å². The van der Waals surface area contributed by atoms with Crippen molar-refractivity contribution in [1.29, 1.82) is 0 Å². The van der Waals surface area contributed by atoms with E-state index in [1.54, 1.807) is 6.21 Å². The molecule has 0 aliphatic carbocycles. The van der Waals surface area contributed by atoms with Crippen LogP contribution in [0.3, 0.4) is 0 Å². The summed E-state index contributed by atoms with van der Waals surface area (Å²) in [5.41, 5.74) is 1.72. The van der Waals surface area contributed by atoms with Gasteiger partial charge >= 0.3 is 11.2 Å². The number of H-pyrrole nitrogens is 2. The molecule has 7 heteroatoms. The van der Waals surface area contributed by atoms with Crippen molar-refractivity contribution in [3.63, 3.8) is 0 Å². The number of benzene rings is 2. The van der Waals surface area contributed by atoms with Crippen molar-refractivity contribution in [3.05, 3.63) is 86.3 Å². The van der Waals surface area contributed by atoms with Crippen molar-refractivity contribution in [1.82, 2.24) is 14.6 Å². The number of aromatic amines is 2. The quantitative estimate of drug-likeness (QED) is 0.296. The van der Waals surface area contributed by atoms with E-state index in [-0.39, 0.29) is 11.0 Å². The Morgan fingerprint density at radius 1 is 1.03 bits per heavy atom. The zero-order valence-electron chi connectivity index (χ0n) is 17.9. The maximum absolute atomic E-state index is 13.6. The molecule has 0 unspecified atom stereocenters. The molecular formula is C25H25FN4O2. The van der Waals surface area contributed by atoms with Crippen molar-refractivity contribution in [2.24, 2.45) is 5.10 Å². The summed E-state index contributed by atoms with van der Waals surface area (Å²) in [7, 11) is 0. The monoisotopic (exact) mass is 432 g/mol. The van der Waals surface area contributed by atoms with Crippen LogP contribution < -0.4 is 11.2 Å². The first-order valence-corrected chi connectivity index (χ1v) is 10.8. The van der Waals surface area contributed by atoms with Crippen molar-refractivity contribution in [2.75, 3.05) is 0 Å². The Bertz CT molecular complexity index is 1410. The normalized spacial score (nSPS) is 12.4. The van der Waals surface area contributed by atoms with E-state index in [1.807, 2.05) is 36.4 Å². The number of allylic oxidation sites excluding steroid dienone is 1. The Kier molecular flexibility index (Phi) is 6.44. The molecule has 4 aromatic rings. The van der Waals surface area contributed by atoms with E-state index in [9.17, 15) is 14.0 Å². The maximum atomic E-state index is 13.6. The summed E-state index contributed by atoms with van der Waals surface area (Å²) in [4.78, 5) is 31.2. The van der Waals surface area contributed by atoms with Gasteiger partial charge in [-0.2, -0.15) is 5.10 Å². The SMILES string of the molecule is CCCCCCC(/C=N\n1c(=O)[nH]c2c([nH]c3ccc(F)cc32)c1=O)=C/c1ccccc1. The Morgan fingerprint density at radius 2 is 1.84 bits per heavy atom. The number of hydrogen-bond donors (Lipinski definition) is 2. The molecule has 0 atom stereocenters. The third-order valence-electron chi connectivity index (χ3n) is 5.40. The lowest BCUT2D eigenvalue weighted by molar-refractivity contribution is 0.630. The molecule has 0 bridgehead atoms. The van der Waals surface area contributed by atoms with Crippen LogP contribution in [0.2, 0.25) is 0 Å². The fourth-order valence-electron chi connectivity index (χ4n) is 3.74. The minimum atomic E-state index is -0.672. The van der Waals surface area contributed by atoms with Crippen LogP contribution in [0.25, 0.3) is 28.0 Å². The molecule has 2 aromatic heterocycles. The predicted octanol–water partition coefficient (Wildman–Crippen LogP) is 5.20. The highest BCUT2D eigenvalue weighted by atomic mass is 19.1. The van der Waals surface area contributed by atoms with Gasteiger partial charge in [0.15, 0.2) is 0 Å². The molecule has 0 amide bonds. The highest BCUT2D eigenvalue weighted by Crippen LogP contribution is 2.21.